The summed E-state index contributed by atoms with van der Waals surface area (Å²) in [4.78, 5) is 12.6. The van der Waals surface area contributed by atoms with Crippen LogP contribution in [0, 0.1) is 0 Å². The summed E-state index contributed by atoms with van der Waals surface area (Å²) in [6.07, 6.45) is 1.98. The zero-order valence-electron chi connectivity index (χ0n) is 11.2. The lowest BCUT2D eigenvalue weighted by Crippen LogP contribution is -2.19. The Labute approximate surface area is 131 Å². The number of rotatable bonds is 3. The van der Waals surface area contributed by atoms with E-state index in [1.54, 1.807) is 23.9 Å². The zero-order valence-corrected chi connectivity index (χ0v) is 12.8. The van der Waals surface area contributed by atoms with Gasteiger partial charge in [-0.2, -0.15) is 0 Å². The van der Waals surface area contributed by atoms with Crippen LogP contribution in [0.2, 0.25) is 5.02 Å². The minimum Gasteiger partial charge on any atom is -0.455 e. The third-order valence-electron chi connectivity index (χ3n) is 3.27. The third kappa shape index (κ3) is 2.60. The first kappa shape index (κ1) is 14.3. The van der Waals surface area contributed by atoms with E-state index in [2.05, 4.69) is 5.32 Å². The van der Waals surface area contributed by atoms with Gasteiger partial charge < -0.3 is 15.8 Å². The molecule has 1 amide bonds. The number of fused-ring (bicyclic) bond motifs is 1. The number of benzene rings is 2. The lowest BCUT2D eigenvalue weighted by Gasteiger charge is -2.12. The smallest absolute Gasteiger partial charge is 0.245 e. The van der Waals surface area contributed by atoms with Crippen molar-refractivity contribution in [3.63, 3.8) is 0 Å². The number of nitrogens with two attached hydrogens (primary N) is 1. The highest BCUT2D eigenvalue weighted by atomic mass is 35.5. The van der Waals surface area contributed by atoms with Crippen LogP contribution in [-0.2, 0) is 4.79 Å². The first-order valence-electron chi connectivity index (χ1n) is 6.31. The molecule has 0 saturated carbocycles. The fourth-order valence-corrected chi connectivity index (χ4v) is 2.92. The van der Waals surface area contributed by atoms with Crippen LogP contribution in [0.5, 0.6) is 11.5 Å². The van der Waals surface area contributed by atoms with Crippen LogP contribution in [0.25, 0.3) is 0 Å². The molecule has 3 rings (SSSR count). The number of thioether (sulfide) groups is 1. The van der Waals surface area contributed by atoms with Gasteiger partial charge in [0, 0.05) is 22.2 Å². The van der Waals surface area contributed by atoms with E-state index in [1.807, 2.05) is 30.5 Å². The van der Waals surface area contributed by atoms with Crippen molar-refractivity contribution < 1.29 is 9.53 Å². The van der Waals surface area contributed by atoms with Gasteiger partial charge in [-0.3, -0.25) is 4.79 Å². The van der Waals surface area contributed by atoms with Crippen molar-refractivity contribution >= 4 is 35.0 Å². The molecule has 1 aliphatic rings. The summed E-state index contributed by atoms with van der Waals surface area (Å²) >= 11 is 7.83. The average molecular weight is 321 g/mol. The van der Waals surface area contributed by atoms with E-state index in [1.165, 1.54) is 0 Å². The average Bonchev–Trinajstić information content (AvgIpc) is 2.75. The molecule has 0 fully saturated rings. The van der Waals surface area contributed by atoms with Crippen molar-refractivity contribution in [2.24, 2.45) is 5.73 Å². The SMILES string of the molecule is CSc1ccccc1Oc1cc2c(cc1Cl)C(N)C(=O)N2. The summed E-state index contributed by atoms with van der Waals surface area (Å²) in [7, 11) is 0. The molecule has 0 spiro atoms. The molecule has 1 heterocycles. The molecule has 4 nitrogen and oxygen atoms in total. The van der Waals surface area contributed by atoms with Crippen LogP contribution >= 0.6 is 23.4 Å². The summed E-state index contributed by atoms with van der Waals surface area (Å²) in [5.74, 6) is 0.981. The minimum absolute atomic E-state index is 0.234. The normalized spacial score (nSPS) is 16.5. The maximum absolute atomic E-state index is 11.6. The molecule has 1 aliphatic heterocycles. The Balaban J connectivity index is 1.98. The second kappa shape index (κ2) is 5.60. The monoisotopic (exact) mass is 320 g/mol. The lowest BCUT2D eigenvalue weighted by molar-refractivity contribution is -0.116. The molecule has 0 bridgehead atoms. The van der Waals surface area contributed by atoms with E-state index in [0.717, 1.165) is 10.6 Å². The second-order valence-corrected chi connectivity index (χ2v) is 5.84. The molecule has 6 heteroatoms. The molecule has 0 aromatic heterocycles. The highest BCUT2D eigenvalue weighted by Gasteiger charge is 2.28. The van der Waals surface area contributed by atoms with Crippen LogP contribution in [0.3, 0.4) is 0 Å². The molecule has 2 aromatic rings. The van der Waals surface area contributed by atoms with Crippen molar-refractivity contribution in [3.8, 4) is 11.5 Å². The fraction of sp³-hybridized carbons (Fsp3) is 0.133. The molecular weight excluding hydrogens is 308 g/mol. The number of nitrogens with one attached hydrogen (secondary N) is 1. The van der Waals surface area contributed by atoms with E-state index >= 15 is 0 Å². The molecule has 0 aliphatic carbocycles. The predicted molar refractivity (Wildman–Crippen MR) is 85.3 cm³/mol. The van der Waals surface area contributed by atoms with Crippen molar-refractivity contribution in [2.75, 3.05) is 11.6 Å². The van der Waals surface area contributed by atoms with Crippen molar-refractivity contribution in [3.05, 3.63) is 47.0 Å². The molecule has 1 atom stereocenters. The number of ether oxygens (including phenoxy) is 1. The standard InChI is InChI=1S/C15H13ClN2O2S/c1-21-13-5-3-2-4-11(13)20-12-7-10-8(6-9(12)16)14(17)15(19)18-10/h2-7,14H,17H2,1H3,(H,18,19). The first-order chi connectivity index (χ1) is 10.1. The molecule has 0 saturated heterocycles. The van der Waals surface area contributed by atoms with E-state index in [9.17, 15) is 4.79 Å². The highest BCUT2D eigenvalue weighted by molar-refractivity contribution is 7.98. The minimum atomic E-state index is -0.676. The number of anilines is 1. The van der Waals surface area contributed by atoms with Crippen LogP contribution in [0.1, 0.15) is 11.6 Å². The van der Waals surface area contributed by atoms with Gasteiger partial charge in [0.2, 0.25) is 5.91 Å². The Hall–Kier alpha value is -1.69. The summed E-state index contributed by atoms with van der Waals surface area (Å²) in [6, 6.07) is 10.4. The number of hydrogen-bond donors (Lipinski definition) is 2. The topological polar surface area (TPSA) is 64.3 Å². The number of carbonyl (C=O) groups is 1. The van der Waals surface area contributed by atoms with Crippen LogP contribution in [0.4, 0.5) is 5.69 Å². The number of halogens is 1. The van der Waals surface area contributed by atoms with E-state index in [-0.39, 0.29) is 5.91 Å². The first-order valence-corrected chi connectivity index (χ1v) is 7.91. The lowest BCUT2D eigenvalue weighted by atomic mass is 10.1. The molecule has 0 radical (unpaired) electrons. The van der Waals surface area contributed by atoms with Crippen LogP contribution in [0.15, 0.2) is 41.3 Å². The van der Waals surface area contributed by atoms with E-state index in [4.69, 9.17) is 22.1 Å². The van der Waals surface area contributed by atoms with Gasteiger partial charge in [0.25, 0.3) is 0 Å². The number of para-hydroxylation sites is 1. The van der Waals surface area contributed by atoms with Crippen molar-refractivity contribution in [2.45, 2.75) is 10.9 Å². The highest BCUT2D eigenvalue weighted by Crippen LogP contribution is 2.40. The maximum atomic E-state index is 11.6. The van der Waals surface area contributed by atoms with Gasteiger partial charge in [-0.25, -0.2) is 0 Å². The van der Waals surface area contributed by atoms with Gasteiger partial charge in [0.15, 0.2) is 0 Å². The number of carbonyl (C=O) groups excluding carboxylic acids is 1. The quantitative estimate of drug-likeness (QED) is 0.844. The third-order valence-corrected chi connectivity index (χ3v) is 4.34. The molecular formula is C15H13ClN2O2S. The number of amides is 1. The molecule has 3 N–H and O–H groups in total. The zero-order chi connectivity index (χ0) is 15.0. The van der Waals surface area contributed by atoms with Gasteiger partial charge >= 0.3 is 0 Å². The van der Waals surface area contributed by atoms with Gasteiger partial charge in [-0.1, -0.05) is 23.7 Å². The molecule has 2 aromatic carbocycles. The molecule has 1 unspecified atom stereocenters. The fourth-order valence-electron chi connectivity index (χ4n) is 2.19. The molecule has 108 valence electrons. The summed E-state index contributed by atoms with van der Waals surface area (Å²) < 4.78 is 5.88. The Morgan fingerprint density at radius 3 is 2.81 bits per heavy atom. The van der Waals surface area contributed by atoms with Gasteiger partial charge in [-0.05, 0) is 24.5 Å². The van der Waals surface area contributed by atoms with Crippen LogP contribution < -0.4 is 15.8 Å². The summed E-state index contributed by atoms with van der Waals surface area (Å²) in [6.45, 7) is 0. The van der Waals surface area contributed by atoms with Crippen molar-refractivity contribution in [1.82, 2.24) is 0 Å². The van der Waals surface area contributed by atoms with E-state index < -0.39 is 6.04 Å². The Morgan fingerprint density at radius 1 is 1.29 bits per heavy atom. The number of hydrogen-bond acceptors (Lipinski definition) is 4. The van der Waals surface area contributed by atoms with Crippen molar-refractivity contribution in [1.29, 1.82) is 0 Å². The Morgan fingerprint density at radius 2 is 2.05 bits per heavy atom. The second-order valence-electron chi connectivity index (χ2n) is 4.59. The molecule has 21 heavy (non-hydrogen) atoms. The van der Waals surface area contributed by atoms with Gasteiger partial charge in [0.1, 0.15) is 17.5 Å². The van der Waals surface area contributed by atoms with E-state index in [0.29, 0.717) is 22.0 Å². The summed E-state index contributed by atoms with van der Waals surface area (Å²) in [5, 5.41) is 3.15. The van der Waals surface area contributed by atoms with Crippen LogP contribution in [-0.4, -0.2) is 12.2 Å². The van der Waals surface area contributed by atoms with Gasteiger partial charge in [-0.15, -0.1) is 11.8 Å². The predicted octanol–water partition coefficient (Wildman–Crippen LogP) is 3.81. The largest absolute Gasteiger partial charge is 0.455 e. The maximum Gasteiger partial charge on any atom is 0.245 e. The summed E-state index contributed by atoms with van der Waals surface area (Å²) in [5.41, 5.74) is 7.13. The Kier molecular flexibility index (Phi) is 3.80. The Bertz CT molecular complexity index is 721. The van der Waals surface area contributed by atoms with Gasteiger partial charge in [0.05, 0.1) is 5.02 Å².